The molecule has 1 fully saturated rings. The second-order valence-electron chi connectivity index (χ2n) is 7.25. The molecule has 1 saturated heterocycles. The van der Waals surface area contributed by atoms with Gasteiger partial charge in [0.1, 0.15) is 5.82 Å². The van der Waals surface area contributed by atoms with Gasteiger partial charge < -0.3 is 5.32 Å². The number of carbonyl (C=O) groups is 1. The Hall–Kier alpha value is -2.41. The average molecular weight is 462 g/mol. The summed E-state index contributed by atoms with van der Waals surface area (Å²) in [5.74, 6) is 0.716. The molecule has 3 rings (SSSR count). The van der Waals surface area contributed by atoms with E-state index in [1.54, 1.807) is 30.0 Å². The Kier molecular flexibility index (Phi) is 8.07. The largest absolute Gasteiger partial charge is 0.355 e. The number of thioether (sulfide) groups is 1. The van der Waals surface area contributed by atoms with Crippen molar-refractivity contribution < 1.29 is 17.6 Å². The first-order valence-corrected chi connectivity index (χ1v) is 12.6. The molecule has 6 nitrogen and oxygen atoms in total. The summed E-state index contributed by atoms with van der Waals surface area (Å²) >= 11 is 1.55. The number of benzene rings is 2. The highest BCUT2D eigenvalue weighted by Gasteiger charge is 2.31. The molecule has 0 aromatic heterocycles. The summed E-state index contributed by atoms with van der Waals surface area (Å²) < 4.78 is 40.5. The number of amides is 1. The quantitative estimate of drug-likeness (QED) is 0.610. The van der Waals surface area contributed by atoms with Gasteiger partial charge in [-0.3, -0.25) is 4.79 Å². The maximum atomic E-state index is 13.6. The summed E-state index contributed by atoms with van der Waals surface area (Å²) in [6.07, 6.45) is 0.924. The fourth-order valence-electron chi connectivity index (χ4n) is 3.40. The fourth-order valence-corrected chi connectivity index (χ4v) is 5.71. The molecular formula is C22H24FN3O3S2. The Morgan fingerprint density at radius 1 is 1.16 bits per heavy atom. The van der Waals surface area contributed by atoms with Gasteiger partial charge in [0.15, 0.2) is 0 Å². The molecule has 1 amide bonds. The molecule has 9 heteroatoms. The van der Waals surface area contributed by atoms with Crippen molar-refractivity contribution in [2.45, 2.75) is 23.5 Å². The monoisotopic (exact) mass is 461 g/mol. The van der Waals surface area contributed by atoms with E-state index in [0.717, 1.165) is 0 Å². The minimum atomic E-state index is -3.63. The molecule has 2 aromatic carbocycles. The second kappa shape index (κ2) is 10.8. The number of carbonyl (C=O) groups excluding carboxylic acids is 1. The molecule has 0 bridgehead atoms. The molecule has 0 radical (unpaired) electrons. The van der Waals surface area contributed by atoms with Gasteiger partial charge in [0, 0.05) is 37.1 Å². The van der Waals surface area contributed by atoms with Crippen molar-refractivity contribution >= 4 is 27.7 Å². The zero-order valence-electron chi connectivity index (χ0n) is 17.0. The van der Waals surface area contributed by atoms with E-state index in [9.17, 15) is 17.6 Å². The summed E-state index contributed by atoms with van der Waals surface area (Å²) in [6, 6.07) is 14.5. The molecule has 0 unspecified atom stereocenters. The van der Waals surface area contributed by atoms with Gasteiger partial charge >= 0.3 is 0 Å². The molecule has 0 spiro atoms. The Labute approximate surface area is 186 Å². The fraction of sp³-hybridized carbons (Fsp3) is 0.364. The average Bonchev–Trinajstić information content (AvgIpc) is 2.80. The van der Waals surface area contributed by atoms with Crippen LogP contribution in [0.4, 0.5) is 4.39 Å². The highest BCUT2D eigenvalue weighted by molar-refractivity contribution is 7.98. The number of nitrogens with one attached hydrogen (secondary N) is 1. The van der Waals surface area contributed by atoms with Crippen LogP contribution in [-0.2, 0) is 20.6 Å². The lowest BCUT2D eigenvalue weighted by atomic mass is 9.97. The van der Waals surface area contributed by atoms with Crippen LogP contribution in [0.5, 0.6) is 0 Å². The lowest BCUT2D eigenvalue weighted by Gasteiger charge is -2.30. The van der Waals surface area contributed by atoms with E-state index in [0.29, 0.717) is 42.0 Å². The number of hydrogen-bond donors (Lipinski definition) is 1. The summed E-state index contributed by atoms with van der Waals surface area (Å²) in [7, 11) is -3.63. The van der Waals surface area contributed by atoms with Gasteiger partial charge in [-0.25, -0.2) is 12.8 Å². The van der Waals surface area contributed by atoms with E-state index in [-0.39, 0.29) is 35.6 Å². The van der Waals surface area contributed by atoms with Gasteiger partial charge in [0.2, 0.25) is 15.9 Å². The van der Waals surface area contributed by atoms with E-state index >= 15 is 0 Å². The molecule has 0 aliphatic carbocycles. The van der Waals surface area contributed by atoms with Crippen molar-refractivity contribution in [1.29, 1.82) is 5.26 Å². The van der Waals surface area contributed by atoms with Crippen LogP contribution in [0.3, 0.4) is 0 Å². The molecule has 2 aromatic rings. The van der Waals surface area contributed by atoms with Gasteiger partial charge in [0.25, 0.3) is 0 Å². The minimum absolute atomic E-state index is 0.0677. The van der Waals surface area contributed by atoms with Crippen LogP contribution in [0.15, 0.2) is 53.4 Å². The molecule has 1 N–H and O–H groups in total. The number of hydrogen-bond acceptors (Lipinski definition) is 5. The summed E-state index contributed by atoms with van der Waals surface area (Å²) in [5, 5.41) is 11.8. The molecule has 1 heterocycles. The Bertz CT molecular complexity index is 1040. The minimum Gasteiger partial charge on any atom is -0.355 e. The van der Waals surface area contributed by atoms with Crippen molar-refractivity contribution in [1.82, 2.24) is 9.62 Å². The Morgan fingerprint density at radius 3 is 2.48 bits per heavy atom. The lowest BCUT2D eigenvalue weighted by molar-refractivity contribution is -0.125. The number of sulfonamides is 1. The van der Waals surface area contributed by atoms with Crippen molar-refractivity contribution in [3.05, 3.63) is 65.5 Å². The van der Waals surface area contributed by atoms with Gasteiger partial charge in [0.05, 0.1) is 16.5 Å². The van der Waals surface area contributed by atoms with Crippen LogP contribution in [0, 0.1) is 23.1 Å². The van der Waals surface area contributed by atoms with Crippen molar-refractivity contribution in [3.63, 3.8) is 0 Å². The molecule has 164 valence electrons. The van der Waals surface area contributed by atoms with Crippen molar-refractivity contribution in [3.8, 4) is 6.07 Å². The molecule has 1 aliphatic heterocycles. The van der Waals surface area contributed by atoms with Crippen molar-refractivity contribution in [2.75, 3.05) is 25.4 Å². The lowest BCUT2D eigenvalue weighted by Crippen LogP contribution is -2.43. The maximum Gasteiger partial charge on any atom is 0.243 e. The zero-order chi connectivity index (χ0) is 22.3. The molecule has 0 atom stereocenters. The van der Waals surface area contributed by atoms with Gasteiger partial charge in [-0.2, -0.15) is 21.3 Å². The van der Waals surface area contributed by atoms with Crippen LogP contribution in [0.1, 0.15) is 24.0 Å². The number of rotatable bonds is 8. The highest BCUT2D eigenvalue weighted by Crippen LogP contribution is 2.24. The van der Waals surface area contributed by atoms with Crippen LogP contribution >= 0.6 is 11.8 Å². The predicted molar refractivity (Wildman–Crippen MR) is 118 cm³/mol. The smallest absolute Gasteiger partial charge is 0.243 e. The van der Waals surface area contributed by atoms with Crippen LogP contribution in [0.25, 0.3) is 0 Å². The SMILES string of the molecule is N#Cc1ccc(S(=O)(=O)N2CCC(C(=O)NCCSCc3ccccc3F)CC2)cc1. The molecule has 0 saturated carbocycles. The summed E-state index contributed by atoms with van der Waals surface area (Å²) in [4.78, 5) is 12.6. The number of nitriles is 1. The molecular weight excluding hydrogens is 437 g/mol. The predicted octanol–water partition coefficient (Wildman–Crippen LogP) is 3.15. The van der Waals surface area contributed by atoms with E-state index in [4.69, 9.17) is 5.26 Å². The van der Waals surface area contributed by atoms with Crippen LogP contribution in [-0.4, -0.2) is 44.0 Å². The molecule has 31 heavy (non-hydrogen) atoms. The van der Waals surface area contributed by atoms with E-state index in [1.165, 1.54) is 34.6 Å². The highest BCUT2D eigenvalue weighted by atomic mass is 32.2. The van der Waals surface area contributed by atoms with E-state index in [2.05, 4.69) is 5.32 Å². The third kappa shape index (κ3) is 6.06. The van der Waals surface area contributed by atoms with Crippen molar-refractivity contribution in [2.24, 2.45) is 5.92 Å². The zero-order valence-corrected chi connectivity index (χ0v) is 18.6. The third-order valence-corrected chi connectivity index (χ3v) is 8.13. The summed E-state index contributed by atoms with van der Waals surface area (Å²) in [5.41, 5.74) is 1.05. The first kappa shape index (κ1) is 23.3. The van der Waals surface area contributed by atoms with Crippen LogP contribution in [0.2, 0.25) is 0 Å². The topological polar surface area (TPSA) is 90.3 Å². The standard InChI is InChI=1S/C22H24FN3O3S2/c23-21-4-2-1-3-19(21)16-30-14-11-25-22(27)18-9-12-26(13-10-18)31(28,29)20-7-5-17(15-24)6-8-20/h1-8,18H,9-14,16H2,(H,25,27). The third-order valence-electron chi connectivity index (χ3n) is 5.21. The number of nitrogens with zero attached hydrogens (tertiary/aromatic N) is 2. The number of piperidine rings is 1. The van der Waals surface area contributed by atoms with Gasteiger partial charge in [-0.15, -0.1) is 0 Å². The Balaban J connectivity index is 1.41. The van der Waals surface area contributed by atoms with E-state index in [1.807, 2.05) is 6.07 Å². The first-order valence-electron chi connectivity index (χ1n) is 10.0. The van der Waals surface area contributed by atoms with E-state index < -0.39 is 10.0 Å². The normalized spacial score (nSPS) is 15.4. The molecule has 1 aliphatic rings. The summed E-state index contributed by atoms with van der Waals surface area (Å²) in [6.45, 7) is 1.05. The Morgan fingerprint density at radius 2 is 1.84 bits per heavy atom. The van der Waals surface area contributed by atoms with Crippen LogP contribution < -0.4 is 5.32 Å². The first-order chi connectivity index (χ1) is 14.9. The maximum absolute atomic E-state index is 13.6. The van der Waals surface area contributed by atoms with Gasteiger partial charge in [-0.05, 0) is 48.7 Å². The number of halogens is 1. The van der Waals surface area contributed by atoms with Gasteiger partial charge in [-0.1, -0.05) is 18.2 Å². The second-order valence-corrected chi connectivity index (χ2v) is 10.3.